The molecule has 1 aromatic carbocycles. The first-order valence-electron chi connectivity index (χ1n) is 6.68. The first-order chi connectivity index (χ1) is 9.52. The topological polar surface area (TPSA) is 64.2 Å². The van der Waals surface area contributed by atoms with Crippen LogP contribution in [0.2, 0.25) is 5.02 Å². The lowest BCUT2D eigenvalue weighted by Crippen LogP contribution is -2.31. The van der Waals surface area contributed by atoms with E-state index in [1.54, 1.807) is 21.6 Å². The second-order valence-electron chi connectivity index (χ2n) is 4.86. The first kappa shape index (κ1) is 14.7. The van der Waals surface area contributed by atoms with Gasteiger partial charge in [-0.15, -0.1) is 0 Å². The standard InChI is InChI=1S/C14H19ClN4O/c1-3-4-7-18(2)13(20)9-19-12-6-5-10(15)8-11(12)17-14(19)16/h5-6,8H,3-4,7,9H2,1-2H3,(H2,16,17). The zero-order valence-electron chi connectivity index (χ0n) is 11.8. The quantitative estimate of drug-likeness (QED) is 0.921. The van der Waals surface area contributed by atoms with Crippen molar-refractivity contribution in [3.63, 3.8) is 0 Å². The molecule has 0 atom stereocenters. The average Bonchev–Trinajstić information content (AvgIpc) is 2.71. The van der Waals surface area contributed by atoms with Gasteiger partial charge in [0.15, 0.2) is 0 Å². The number of aromatic nitrogens is 2. The van der Waals surface area contributed by atoms with Crippen LogP contribution in [-0.4, -0.2) is 34.0 Å². The van der Waals surface area contributed by atoms with E-state index in [1.807, 2.05) is 13.1 Å². The summed E-state index contributed by atoms with van der Waals surface area (Å²) in [4.78, 5) is 18.1. The third-order valence-corrected chi connectivity index (χ3v) is 3.54. The Kier molecular flexibility index (Phi) is 4.49. The number of unbranched alkanes of at least 4 members (excludes halogenated alkanes) is 1. The van der Waals surface area contributed by atoms with E-state index in [0.29, 0.717) is 16.5 Å². The number of carbonyl (C=O) groups is 1. The third-order valence-electron chi connectivity index (χ3n) is 3.31. The molecule has 0 aliphatic heterocycles. The molecule has 0 aliphatic rings. The Balaban J connectivity index is 2.21. The number of nitrogen functional groups attached to an aromatic ring is 1. The molecule has 0 bridgehead atoms. The summed E-state index contributed by atoms with van der Waals surface area (Å²) >= 11 is 5.93. The molecule has 0 spiro atoms. The predicted octanol–water partition coefficient (Wildman–Crippen LogP) is 2.53. The molecule has 20 heavy (non-hydrogen) atoms. The Morgan fingerprint density at radius 1 is 1.50 bits per heavy atom. The summed E-state index contributed by atoms with van der Waals surface area (Å²) in [5.41, 5.74) is 7.42. The lowest BCUT2D eigenvalue weighted by molar-refractivity contribution is -0.130. The van der Waals surface area contributed by atoms with Crippen LogP contribution in [-0.2, 0) is 11.3 Å². The van der Waals surface area contributed by atoms with E-state index in [1.165, 1.54) is 0 Å². The number of benzene rings is 1. The zero-order valence-corrected chi connectivity index (χ0v) is 12.5. The Labute approximate surface area is 123 Å². The van der Waals surface area contributed by atoms with E-state index in [-0.39, 0.29) is 12.5 Å². The van der Waals surface area contributed by atoms with Crippen molar-refractivity contribution < 1.29 is 4.79 Å². The van der Waals surface area contributed by atoms with Gasteiger partial charge in [0, 0.05) is 18.6 Å². The first-order valence-corrected chi connectivity index (χ1v) is 7.06. The van der Waals surface area contributed by atoms with Crippen molar-refractivity contribution >= 4 is 34.5 Å². The minimum Gasteiger partial charge on any atom is -0.369 e. The number of carbonyl (C=O) groups excluding carboxylic acids is 1. The molecule has 0 radical (unpaired) electrons. The molecule has 5 nitrogen and oxygen atoms in total. The fourth-order valence-corrected chi connectivity index (χ4v) is 2.23. The smallest absolute Gasteiger partial charge is 0.242 e. The van der Waals surface area contributed by atoms with Crippen molar-refractivity contribution in [1.29, 1.82) is 0 Å². The molecule has 1 amide bonds. The van der Waals surface area contributed by atoms with Gasteiger partial charge in [-0.3, -0.25) is 4.79 Å². The van der Waals surface area contributed by atoms with Crippen molar-refractivity contribution in [3.8, 4) is 0 Å². The molecule has 2 aromatic rings. The van der Waals surface area contributed by atoms with Gasteiger partial charge in [0.2, 0.25) is 11.9 Å². The summed E-state index contributed by atoms with van der Waals surface area (Å²) in [6.07, 6.45) is 2.06. The van der Waals surface area contributed by atoms with Crippen LogP contribution in [0.5, 0.6) is 0 Å². The van der Waals surface area contributed by atoms with Gasteiger partial charge in [0.1, 0.15) is 6.54 Å². The normalized spacial score (nSPS) is 10.9. The summed E-state index contributed by atoms with van der Waals surface area (Å²) in [6, 6.07) is 5.35. The second kappa shape index (κ2) is 6.13. The van der Waals surface area contributed by atoms with Crippen LogP contribution in [0.25, 0.3) is 11.0 Å². The van der Waals surface area contributed by atoms with E-state index >= 15 is 0 Å². The number of anilines is 1. The number of halogens is 1. The lowest BCUT2D eigenvalue weighted by atomic mass is 10.3. The number of nitrogens with two attached hydrogens (primary N) is 1. The summed E-state index contributed by atoms with van der Waals surface area (Å²) < 4.78 is 1.72. The second-order valence-corrected chi connectivity index (χ2v) is 5.29. The maximum absolute atomic E-state index is 12.2. The number of rotatable bonds is 5. The summed E-state index contributed by atoms with van der Waals surface area (Å²) in [7, 11) is 1.81. The molecular weight excluding hydrogens is 276 g/mol. The molecule has 0 unspecified atom stereocenters. The number of nitrogens with zero attached hydrogens (tertiary/aromatic N) is 3. The molecular formula is C14H19ClN4O. The van der Waals surface area contributed by atoms with Crippen LogP contribution >= 0.6 is 11.6 Å². The van der Waals surface area contributed by atoms with Gasteiger partial charge in [0.05, 0.1) is 11.0 Å². The van der Waals surface area contributed by atoms with E-state index in [2.05, 4.69) is 11.9 Å². The van der Waals surface area contributed by atoms with Crippen LogP contribution in [0.1, 0.15) is 19.8 Å². The highest BCUT2D eigenvalue weighted by Gasteiger charge is 2.14. The Morgan fingerprint density at radius 2 is 2.25 bits per heavy atom. The number of imidazole rings is 1. The van der Waals surface area contributed by atoms with E-state index in [9.17, 15) is 4.79 Å². The Hall–Kier alpha value is -1.75. The van der Waals surface area contributed by atoms with E-state index in [4.69, 9.17) is 17.3 Å². The minimum atomic E-state index is 0.0272. The fraction of sp³-hybridized carbons (Fsp3) is 0.429. The minimum absolute atomic E-state index is 0.0272. The van der Waals surface area contributed by atoms with E-state index < -0.39 is 0 Å². The molecule has 6 heteroatoms. The highest BCUT2D eigenvalue weighted by atomic mass is 35.5. The van der Waals surface area contributed by atoms with Crippen molar-refractivity contribution in [2.75, 3.05) is 19.3 Å². The molecule has 1 heterocycles. The largest absolute Gasteiger partial charge is 0.369 e. The number of likely N-dealkylation sites (N-methyl/N-ethyl adjacent to an activating group) is 1. The van der Waals surface area contributed by atoms with Crippen LogP contribution in [0.15, 0.2) is 18.2 Å². The summed E-state index contributed by atoms with van der Waals surface area (Å²) in [5, 5.41) is 0.605. The van der Waals surface area contributed by atoms with Crippen LogP contribution < -0.4 is 5.73 Å². The van der Waals surface area contributed by atoms with Gasteiger partial charge < -0.3 is 15.2 Å². The maximum atomic E-state index is 12.2. The van der Waals surface area contributed by atoms with Crippen molar-refractivity contribution in [3.05, 3.63) is 23.2 Å². The maximum Gasteiger partial charge on any atom is 0.242 e. The highest BCUT2D eigenvalue weighted by Crippen LogP contribution is 2.21. The molecule has 2 N–H and O–H groups in total. The van der Waals surface area contributed by atoms with Crippen LogP contribution in [0.3, 0.4) is 0 Å². The Morgan fingerprint density at radius 3 is 2.95 bits per heavy atom. The van der Waals surface area contributed by atoms with Gasteiger partial charge in [-0.05, 0) is 24.6 Å². The number of amides is 1. The number of hydrogen-bond donors (Lipinski definition) is 1. The SMILES string of the molecule is CCCCN(C)C(=O)Cn1c(N)nc2cc(Cl)ccc21. The van der Waals surface area contributed by atoms with Crippen LogP contribution in [0, 0.1) is 0 Å². The van der Waals surface area contributed by atoms with Gasteiger partial charge in [-0.1, -0.05) is 24.9 Å². The number of hydrogen-bond acceptors (Lipinski definition) is 3. The molecule has 0 fully saturated rings. The van der Waals surface area contributed by atoms with Crippen molar-refractivity contribution in [2.24, 2.45) is 0 Å². The van der Waals surface area contributed by atoms with Crippen molar-refractivity contribution in [2.45, 2.75) is 26.3 Å². The lowest BCUT2D eigenvalue weighted by Gasteiger charge is -2.17. The fourth-order valence-electron chi connectivity index (χ4n) is 2.06. The number of fused-ring (bicyclic) bond motifs is 1. The molecule has 2 rings (SSSR count). The Bertz CT molecular complexity index is 623. The predicted molar refractivity (Wildman–Crippen MR) is 81.7 cm³/mol. The van der Waals surface area contributed by atoms with Crippen LogP contribution in [0.4, 0.5) is 5.95 Å². The molecule has 0 aliphatic carbocycles. The van der Waals surface area contributed by atoms with Crippen molar-refractivity contribution in [1.82, 2.24) is 14.5 Å². The van der Waals surface area contributed by atoms with Gasteiger partial charge in [0.25, 0.3) is 0 Å². The summed E-state index contributed by atoms with van der Waals surface area (Å²) in [6.45, 7) is 3.06. The summed E-state index contributed by atoms with van der Waals surface area (Å²) in [5.74, 6) is 0.360. The van der Waals surface area contributed by atoms with E-state index in [0.717, 1.165) is 24.9 Å². The molecule has 1 aromatic heterocycles. The van der Waals surface area contributed by atoms with Gasteiger partial charge in [-0.25, -0.2) is 4.98 Å². The zero-order chi connectivity index (χ0) is 14.7. The van der Waals surface area contributed by atoms with Gasteiger partial charge >= 0.3 is 0 Å². The highest BCUT2D eigenvalue weighted by molar-refractivity contribution is 6.31. The van der Waals surface area contributed by atoms with Gasteiger partial charge in [-0.2, -0.15) is 0 Å². The molecule has 0 saturated carbocycles. The molecule has 108 valence electrons. The molecule has 0 saturated heterocycles. The average molecular weight is 295 g/mol. The third kappa shape index (κ3) is 3.04. The monoisotopic (exact) mass is 294 g/mol.